The number of nitrogens with zero attached hydrogens (tertiary/aromatic N) is 2. The van der Waals surface area contributed by atoms with Gasteiger partial charge in [-0.2, -0.15) is 0 Å². The van der Waals surface area contributed by atoms with Gasteiger partial charge in [-0.15, -0.1) is 0 Å². The lowest BCUT2D eigenvalue weighted by Gasteiger charge is -1.94. The van der Waals surface area contributed by atoms with Crippen LogP contribution in [0.15, 0.2) is 33.2 Å². The molecule has 2 nitrogen and oxygen atoms in total. The van der Waals surface area contributed by atoms with E-state index in [-0.39, 0.29) is 15.4 Å². The van der Waals surface area contributed by atoms with Crippen LogP contribution in [0.3, 0.4) is 0 Å². The van der Waals surface area contributed by atoms with Gasteiger partial charge in [0.05, 0.1) is 0 Å². The molecule has 0 N–H and O–H groups in total. The summed E-state index contributed by atoms with van der Waals surface area (Å²) in [5.74, 6) is 2.16. The molecule has 0 atom stereocenters. The van der Waals surface area contributed by atoms with Crippen LogP contribution in [0.1, 0.15) is 11.1 Å². The average molecular weight is 188 g/mol. The summed E-state index contributed by atoms with van der Waals surface area (Å²) in [6.45, 7) is 0. The molecule has 3 heteroatoms. The van der Waals surface area contributed by atoms with Crippen LogP contribution in [0, 0.1) is 0 Å². The normalized spacial score (nSPS) is 11.2. The summed E-state index contributed by atoms with van der Waals surface area (Å²) >= 11 is -0.206. The summed E-state index contributed by atoms with van der Waals surface area (Å²) in [5.41, 5.74) is 2.30. The fourth-order valence-electron chi connectivity index (χ4n) is 1.01. The van der Waals surface area contributed by atoms with E-state index in [0.29, 0.717) is 0 Å². The highest BCUT2D eigenvalue weighted by molar-refractivity contribution is 6.33. The minimum absolute atomic E-state index is 0.206. The first kappa shape index (κ1) is 10.2. The quantitative estimate of drug-likeness (QED) is 0.508. The lowest BCUT2D eigenvalue weighted by molar-refractivity contribution is 1.46. The molecule has 0 saturated carbocycles. The van der Waals surface area contributed by atoms with Crippen molar-refractivity contribution in [2.45, 2.75) is 5.79 Å². The highest BCUT2D eigenvalue weighted by Gasteiger charge is 1.88. The van der Waals surface area contributed by atoms with E-state index in [9.17, 15) is 0 Å². The van der Waals surface area contributed by atoms with Gasteiger partial charge in [0.1, 0.15) is 0 Å². The summed E-state index contributed by atoms with van der Waals surface area (Å²) in [4.78, 5) is 3.95. The fourth-order valence-corrected chi connectivity index (χ4v) is 1.41. The summed E-state index contributed by atoms with van der Waals surface area (Å²) < 4.78 is 4.30. The van der Waals surface area contributed by atoms with E-state index in [4.69, 9.17) is 0 Å². The first-order valence-electron chi connectivity index (χ1n) is 4.39. The van der Waals surface area contributed by atoms with Crippen LogP contribution in [-0.4, -0.2) is 34.9 Å². The van der Waals surface area contributed by atoms with Gasteiger partial charge in [-0.05, 0) is 17.3 Å². The Bertz CT molecular complexity index is 301. The van der Waals surface area contributed by atoms with Gasteiger partial charge >= 0.3 is 15.4 Å². The molecular weight excluding hydrogens is 175 g/mol. The van der Waals surface area contributed by atoms with Gasteiger partial charge in [0.2, 0.25) is 0 Å². The van der Waals surface area contributed by atoms with Gasteiger partial charge in [0.25, 0.3) is 0 Å². The van der Waals surface area contributed by atoms with Crippen LogP contribution in [0.2, 0.25) is 5.79 Å². The fraction of sp³-hybridized carbons (Fsp3) is 0.200. The molecule has 0 fully saturated rings. The molecule has 0 heterocycles. The van der Waals surface area contributed by atoms with E-state index in [1.807, 2.05) is 24.6 Å². The van der Waals surface area contributed by atoms with Crippen LogP contribution in [0.4, 0.5) is 0 Å². The molecule has 0 radical (unpaired) electrons. The van der Waals surface area contributed by atoms with E-state index in [1.54, 1.807) is 7.05 Å². The molecule has 0 amide bonds. The Hall–Kier alpha value is -0.908. The molecule has 1 rings (SSSR count). The molecule has 1 aromatic rings. The zero-order chi connectivity index (χ0) is 9.52. The number of rotatable bonds is 3. The van der Waals surface area contributed by atoms with Crippen molar-refractivity contribution in [2.75, 3.05) is 7.05 Å². The van der Waals surface area contributed by atoms with Crippen LogP contribution in [0.5, 0.6) is 0 Å². The van der Waals surface area contributed by atoms with Crippen LogP contribution < -0.4 is 0 Å². The van der Waals surface area contributed by atoms with Crippen LogP contribution in [-0.2, 0) is 0 Å². The third kappa shape index (κ3) is 3.54. The smallest absolute Gasteiger partial charge is 0.409 e. The monoisotopic (exact) mass is 188 g/mol. The molecule has 66 valence electrons. The van der Waals surface area contributed by atoms with Crippen molar-refractivity contribution in [3.8, 4) is 0 Å². The Balaban J connectivity index is 2.75. The third-order valence-corrected chi connectivity index (χ3v) is 2.19. The maximum Gasteiger partial charge on any atom is 0.409 e. The van der Waals surface area contributed by atoms with Crippen LogP contribution >= 0.6 is 0 Å². The Labute approximate surface area is 85.4 Å². The van der Waals surface area contributed by atoms with Gasteiger partial charge in [-0.1, -0.05) is 30.1 Å². The van der Waals surface area contributed by atoms with E-state index in [0.717, 1.165) is 5.56 Å². The Morgan fingerprint density at radius 1 is 1.08 bits per heavy atom. The number of hydrogen-bond donors (Lipinski definition) is 0. The van der Waals surface area contributed by atoms with Gasteiger partial charge in [0, 0.05) is 13.3 Å². The number of benzene rings is 1. The van der Waals surface area contributed by atoms with Crippen molar-refractivity contribution >= 4 is 27.9 Å². The molecule has 0 saturated heterocycles. The molecule has 0 aromatic heterocycles. The third-order valence-electron chi connectivity index (χ3n) is 1.64. The summed E-state index contributed by atoms with van der Waals surface area (Å²) in [5, 5.41) is 0. The Morgan fingerprint density at radius 2 is 1.62 bits per heavy atom. The topological polar surface area (TPSA) is 24.7 Å². The van der Waals surface area contributed by atoms with Crippen LogP contribution in [0.25, 0.3) is 0 Å². The first-order chi connectivity index (χ1) is 6.36. The van der Waals surface area contributed by atoms with Gasteiger partial charge in [-0.3, -0.25) is 4.99 Å². The second-order valence-electron chi connectivity index (χ2n) is 2.68. The van der Waals surface area contributed by atoms with Gasteiger partial charge < -0.3 is 3.98 Å². The van der Waals surface area contributed by atoms with Crippen molar-refractivity contribution in [3.63, 3.8) is 0 Å². The van der Waals surface area contributed by atoms with E-state index < -0.39 is 0 Å². The van der Waals surface area contributed by atoms with Crippen molar-refractivity contribution < 1.29 is 0 Å². The molecule has 1 aromatic carbocycles. The zero-order valence-corrected chi connectivity index (χ0v) is 9.48. The second-order valence-corrected chi connectivity index (χ2v) is 3.68. The molecule has 0 aliphatic carbocycles. The summed E-state index contributed by atoms with van der Waals surface area (Å²) in [7, 11) is 1.78. The maximum absolute atomic E-state index is 4.30. The van der Waals surface area contributed by atoms with Gasteiger partial charge in [-0.25, -0.2) is 0 Å². The molecule has 0 unspecified atom stereocenters. The van der Waals surface area contributed by atoms with Crippen molar-refractivity contribution in [2.24, 2.45) is 8.97 Å². The number of hydrogen-bond acceptors (Lipinski definition) is 2. The minimum atomic E-state index is -0.206. The Morgan fingerprint density at radius 3 is 2.08 bits per heavy atom. The molecule has 0 bridgehead atoms. The summed E-state index contributed by atoms with van der Waals surface area (Å²) in [6, 6.07) is 8.21. The molecular formula is C10H13AlN2. The SMILES string of the molecule is CN=Cc1ccc(C=[N][AlH][CH3])cc1. The highest BCUT2D eigenvalue weighted by Crippen LogP contribution is 1.99. The zero-order valence-electron chi connectivity index (χ0n) is 8.07. The van der Waals surface area contributed by atoms with Crippen molar-refractivity contribution in [1.82, 2.24) is 0 Å². The molecule has 0 spiro atoms. The minimum Gasteiger partial charge on any atom is -0.411 e. The lowest BCUT2D eigenvalue weighted by Crippen LogP contribution is -1.85. The molecule has 0 aliphatic heterocycles. The largest absolute Gasteiger partial charge is 0.411 e. The number of aliphatic imine (C=N–C) groups is 1. The van der Waals surface area contributed by atoms with Gasteiger partial charge in [0.15, 0.2) is 0 Å². The standard InChI is InChI=1S/C9H9N2.CH3.Al.H/c1-11-7-9-4-2-8(6-10)3-5-9;;;/h2-7H,1H3;1H3;;/q-1;;+1;. The highest BCUT2D eigenvalue weighted by atomic mass is 27.1. The Kier molecular flexibility index (Phi) is 4.45. The van der Waals surface area contributed by atoms with E-state index in [1.165, 1.54) is 5.56 Å². The lowest BCUT2D eigenvalue weighted by atomic mass is 10.2. The van der Waals surface area contributed by atoms with E-state index in [2.05, 4.69) is 26.9 Å². The first-order valence-corrected chi connectivity index (χ1v) is 6.43. The van der Waals surface area contributed by atoms with Crippen molar-refractivity contribution in [1.29, 1.82) is 0 Å². The predicted molar refractivity (Wildman–Crippen MR) is 60.6 cm³/mol. The van der Waals surface area contributed by atoms with Crippen molar-refractivity contribution in [3.05, 3.63) is 35.4 Å². The predicted octanol–water partition coefficient (Wildman–Crippen LogP) is 1.55. The van der Waals surface area contributed by atoms with E-state index >= 15 is 0 Å². The average Bonchev–Trinajstić information content (AvgIpc) is 2.17. The molecule has 0 aliphatic rings. The second kappa shape index (κ2) is 5.69. The molecule has 13 heavy (non-hydrogen) atoms. The summed E-state index contributed by atoms with van der Waals surface area (Å²) in [6.07, 6.45) is 3.79. The maximum atomic E-state index is 4.30.